The van der Waals surface area contributed by atoms with Crippen molar-refractivity contribution in [1.29, 1.82) is 0 Å². The van der Waals surface area contributed by atoms with Crippen LogP contribution in [-0.4, -0.2) is 17.4 Å². The molecular formula is C12H20O3. The highest BCUT2D eigenvalue weighted by Gasteiger charge is 2.44. The molecule has 1 fully saturated rings. The number of hydrogen-bond donors (Lipinski definition) is 0. The second-order valence-corrected chi connectivity index (χ2v) is 4.32. The predicted octanol–water partition coefficient (Wildman–Crippen LogP) is 2.62. The van der Waals surface area contributed by atoms with E-state index in [0.29, 0.717) is 12.8 Å². The van der Waals surface area contributed by atoms with Crippen LogP contribution in [0.15, 0.2) is 0 Å². The van der Waals surface area contributed by atoms with Gasteiger partial charge in [-0.05, 0) is 25.7 Å². The minimum atomic E-state index is -0.763. The molecule has 15 heavy (non-hydrogen) atoms. The molecule has 0 N–H and O–H groups in total. The van der Waals surface area contributed by atoms with Gasteiger partial charge in [0.05, 0.1) is 0 Å². The van der Waals surface area contributed by atoms with E-state index in [0.717, 1.165) is 32.1 Å². The van der Waals surface area contributed by atoms with Crippen LogP contribution in [0.3, 0.4) is 0 Å². The second kappa shape index (κ2) is 5.29. The van der Waals surface area contributed by atoms with Crippen LogP contribution in [0, 0.1) is 0 Å². The van der Waals surface area contributed by atoms with Gasteiger partial charge in [-0.3, -0.25) is 9.59 Å². The zero-order valence-electron chi connectivity index (χ0n) is 9.67. The third-order valence-corrected chi connectivity index (χ3v) is 3.02. The summed E-state index contributed by atoms with van der Waals surface area (Å²) < 4.78 is 5.27. The molecule has 3 heteroatoms. The number of carbonyl (C=O) groups is 2. The summed E-state index contributed by atoms with van der Waals surface area (Å²) >= 11 is 0. The van der Waals surface area contributed by atoms with E-state index in [1.54, 1.807) is 0 Å². The molecule has 0 aromatic heterocycles. The minimum Gasteiger partial charge on any atom is -0.451 e. The third kappa shape index (κ3) is 3.05. The number of Topliss-reactive ketones (excluding diaryl/α,β-unsaturated/α-hetero) is 1. The summed E-state index contributed by atoms with van der Waals surface area (Å²) in [6.45, 7) is 3.50. The lowest BCUT2D eigenvalue weighted by molar-refractivity contribution is -0.164. The fourth-order valence-corrected chi connectivity index (χ4v) is 2.26. The van der Waals surface area contributed by atoms with E-state index < -0.39 is 5.60 Å². The first kappa shape index (κ1) is 12.2. The van der Waals surface area contributed by atoms with Gasteiger partial charge in [0, 0.05) is 13.3 Å². The highest BCUT2D eigenvalue weighted by atomic mass is 16.6. The summed E-state index contributed by atoms with van der Waals surface area (Å²) in [6, 6.07) is 0. The van der Waals surface area contributed by atoms with Gasteiger partial charge in [0.2, 0.25) is 0 Å². The van der Waals surface area contributed by atoms with Gasteiger partial charge in [0.25, 0.3) is 0 Å². The summed E-state index contributed by atoms with van der Waals surface area (Å²) in [5.41, 5.74) is -0.763. The quantitative estimate of drug-likeness (QED) is 0.519. The molecule has 0 spiro atoms. The summed E-state index contributed by atoms with van der Waals surface area (Å²) in [5, 5.41) is 0. The Balaban J connectivity index is 2.59. The first-order chi connectivity index (χ1) is 7.10. The smallest absolute Gasteiger partial charge is 0.303 e. The topological polar surface area (TPSA) is 43.4 Å². The molecule has 0 bridgehead atoms. The second-order valence-electron chi connectivity index (χ2n) is 4.32. The van der Waals surface area contributed by atoms with Crippen LogP contribution in [0.25, 0.3) is 0 Å². The van der Waals surface area contributed by atoms with Crippen LogP contribution < -0.4 is 0 Å². The maximum absolute atomic E-state index is 11.7. The number of unbranched alkanes of at least 4 members (excludes halogenated alkanes) is 2. The standard InChI is InChI=1S/C12H20O3/c1-3-4-5-8-12(15-10(2)13)9-6-7-11(12)14/h3-9H2,1-2H3. The number of esters is 1. The van der Waals surface area contributed by atoms with Crippen LogP contribution in [0.5, 0.6) is 0 Å². The zero-order valence-corrected chi connectivity index (χ0v) is 9.67. The average Bonchev–Trinajstić information content (AvgIpc) is 2.48. The van der Waals surface area contributed by atoms with Gasteiger partial charge in [-0.15, -0.1) is 0 Å². The van der Waals surface area contributed by atoms with Crippen molar-refractivity contribution in [3.63, 3.8) is 0 Å². The highest BCUT2D eigenvalue weighted by Crippen LogP contribution is 2.34. The van der Waals surface area contributed by atoms with E-state index in [9.17, 15) is 9.59 Å². The van der Waals surface area contributed by atoms with Gasteiger partial charge in [-0.1, -0.05) is 19.8 Å². The molecule has 0 heterocycles. The fourth-order valence-electron chi connectivity index (χ4n) is 2.26. The van der Waals surface area contributed by atoms with Crippen LogP contribution in [0.4, 0.5) is 0 Å². The van der Waals surface area contributed by atoms with Gasteiger partial charge in [0.1, 0.15) is 0 Å². The normalized spacial score (nSPS) is 25.6. The number of rotatable bonds is 5. The van der Waals surface area contributed by atoms with Crippen molar-refractivity contribution < 1.29 is 14.3 Å². The maximum atomic E-state index is 11.7. The summed E-state index contributed by atoms with van der Waals surface area (Å²) in [5.74, 6) is -0.212. The maximum Gasteiger partial charge on any atom is 0.303 e. The molecule has 86 valence electrons. The first-order valence-corrected chi connectivity index (χ1v) is 5.83. The van der Waals surface area contributed by atoms with Crippen LogP contribution in [-0.2, 0) is 14.3 Å². The number of ether oxygens (including phenoxy) is 1. The van der Waals surface area contributed by atoms with E-state index in [-0.39, 0.29) is 11.8 Å². The van der Waals surface area contributed by atoms with Crippen molar-refractivity contribution in [2.45, 2.75) is 64.4 Å². The summed E-state index contributed by atoms with van der Waals surface area (Å²) in [6.07, 6.45) is 6.03. The van der Waals surface area contributed by atoms with Crippen LogP contribution >= 0.6 is 0 Å². The van der Waals surface area contributed by atoms with Crippen molar-refractivity contribution in [2.24, 2.45) is 0 Å². The first-order valence-electron chi connectivity index (χ1n) is 5.83. The third-order valence-electron chi connectivity index (χ3n) is 3.02. The molecular weight excluding hydrogens is 192 g/mol. The molecule has 0 aromatic carbocycles. The van der Waals surface area contributed by atoms with Crippen molar-refractivity contribution in [3.8, 4) is 0 Å². The van der Waals surface area contributed by atoms with Crippen molar-refractivity contribution >= 4 is 11.8 Å². The van der Waals surface area contributed by atoms with E-state index in [1.807, 2.05) is 0 Å². The summed E-state index contributed by atoms with van der Waals surface area (Å²) in [4.78, 5) is 22.8. The lowest BCUT2D eigenvalue weighted by atomic mass is 9.93. The lowest BCUT2D eigenvalue weighted by Gasteiger charge is -2.26. The van der Waals surface area contributed by atoms with E-state index in [2.05, 4.69) is 6.92 Å². The average molecular weight is 212 g/mol. The van der Waals surface area contributed by atoms with Gasteiger partial charge in [-0.25, -0.2) is 0 Å². The largest absolute Gasteiger partial charge is 0.451 e. The predicted molar refractivity (Wildman–Crippen MR) is 57.5 cm³/mol. The van der Waals surface area contributed by atoms with E-state index in [4.69, 9.17) is 4.74 Å². The Hall–Kier alpha value is -0.860. The van der Waals surface area contributed by atoms with Crippen molar-refractivity contribution in [1.82, 2.24) is 0 Å². The molecule has 1 unspecified atom stereocenters. The van der Waals surface area contributed by atoms with Gasteiger partial charge >= 0.3 is 5.97 Å². The Morgan fingerprint density at radius 2 is 2.20 bits per heavy atom. The monoisotopic (exact) mass is 212 g/mol. The van der Waals surface area contributed by atoms with Crippen LogP contribution in [0.1, 0.15) is 58.8 Å². The van der Waals surface area contributed by atoms with Gasteiger partial charge in [0.15, 0.2) is 11.4 Å². The van der Waals surface area contributed by atoms with Crippen LogP contribution in [0.2, 0.25) is 0 Å². The molecule has 0 aliphatic heterocycles. The minimum absolute atomic E-state index is 0.119. The molecule has 1 atom stereocenters. The number of hydrogen-bond acceptors (Lipinski definition) is 3. The van der Waals surface area contributed by atoms with Gasteiger partial charge < -0.3 is 4.74 Å². The lowest BCUT2D eigenvalue weighted by Crippen LogP contribution is -2.38. The fraction of sp³-hybridized carbons (Fsp3) is 0.833. The molecule has 1 aliphatic rings. The number of ketones is 1. The molecule has 3 nitrogen and oxygen atoms in total. The molecule has 0 aromatic rings. The van der Waals surface area contributed by atoms with Crippen molar-refractivity contribution in [3.05, 3.63) is 0 Å². The molecule has 1 rings (SSSR count). The highest BCUT2D eigenvalue weighted by molar-refractivity contribution is 5.91. The zero-order chi connectivity index (χ0) is 11.3. The molecule has 1 aliphatic carbocycles. The Morgan fingerprint density at radius 3 is 2.67 bits per heavy atom. The van der Waals surface area contributed by atoms with E-state index >= 15 is 0 Å². The molecule has 0 radical (unpaired) electrons. The summed E-state index contributed by atoms with van der Waals surface area (Å²) in [7, 11) is 0. The Morgan fingerprint density at radius 1 is 1.47 bits per heavy atom. The number of carbonyl (C=O) groups excluding carboxylic acids is 2. The molecule has 0 saturated heterocycles. The van der Waals surface area contributed by atoms with Crippen molar-refractivity contribution in [2.75, 3.05) is 0 Å². The molecule has 1 saturated carbocycles. The SMILES string of the molecule is CCCCCC1(OC(C)=O)CCCC1=O. The molecule has 0 amide bonds. The van der Waals surface area contributed by atoms with Gasteiger partial charge in [-0.2, -0.15) is 0 Å². The Kier molecular flexibility index (Phi) is 4.30. The Labute approximate surface area is 91.2 Å². The van der Waals surface area contributed by atoms with E-state index in [1.165, 1.54) is 6.92 Å². The Bertz CT molecular complexity index is 247.